The maximum atomic E-state index is 12.5. The maximum absolute atomic E-state index is 12.5. The summed E-state index contributed by atoms with van der Waals surface area (Å²) in [6.07, 6.45) is 3.48. The van der Waals surface area contributed by atoms with Crippen LogP contribution >= 0.6 is 0 Å². The average Bonchev–Trinajstić information content (AvgIpc) is 3.38. The van der Waals surface area contributed by atoms with Gasteiger partial charge in [-0.2, -0.15) is 0 Å². The molecule has 4 nitrogen and oxygen atoms in total. The Balaban J connectivity index is 1.77. The largest absolute Gasteiger partial charge is 0.351 e. The van der Waals surface area contributed by atoms with Crippen LogP contribution in [-0.4, -0.2) is 30.5 Å². The highest BCUT2D eigenvalue weighted by Crippen LogP contribution is 2.40. The van der Waals surface area contributed by atoms with Crippen molar-refractivity contribution in [3.63, 3.8) is 0 Å². The molecule has 2 aromatic rings. The summed E-state index contributed by atoms with van der Waals surface area (Å²) in [4.78, 5) is 17.2. The van der Waals surface area contributed by atoms with Gasteiger partial charge in [-0.25, -0.2) is 0 Å². The van der Waals surface area contributed by atoms with E-state index in [2.05, 4.69) is 17.6 Å². The lowest BCUT2D eigenvalue weighted by Crippen LogP contribution is -2.32. The van der Waals surface area contributed by atoms with Gasteiger partial charge in [0.25, 0.3) is 5.91 Å². The molecule has 0 spiro atoms. The molecule has 1 aromatic heterocycles. The van der Waals surface area contributed by atoms with E-state index in [4.69, 9.17) is 4.98 Å². The van der Waals surface area contributed by atoms with E-state index in [1.165, 1.54) is 12.8 Å². The summed E-state index contributed by atoms with van der Waals surface area (Å²) in [5.74, 6) is 0.543. The van der Waals surface area contributed by atoms with Crippen molar-refractivity contribution in [3.05, 3.63) is 41.6 Å². The number of hydrogen-bond acceptors (Lipinski definition) is 3. The Hall–Kier alpha value is -1.94. The number of hydrogen-bond donors (Lipinski definition) is 2. The quantitative estimate of drug-likeness (QED) is 0.773. The summed E-state index contributed by atoms with van der Waals surface area (Å²) in [6, 6.07) is 9.88. The van der Waals surface area contributed by atoms with E-state index in [9.17, 15) is 4.79 Å². The van der Waals surface area contributed by atoms with Gasteiger partial charge in [0, 0.05) is 30.1 Å². The number of fused-ring (bicyclic) bond motifs is 1. The van der Waals surface area contributed by atoms with Crippen LogP contribution in [0.5, 0.6) is 0 Å². The van der Waals surface area contributed by atoms with E-state index in [0.717, 1.165) is 41.7 Å². The standard InChI is InChI=1S/C18H23N3O/c1-2-9-19-10-11-20-18(22)15-12-17(13-7-8-13)21-16-6-4-3-5-14(15)16/h3-6,12-13,19H,2,7-11H2,1H3,(H,20,22). The van der Waals surface area contributed by atoms with Crippen LogP contribution in [0.15, 0.2) is 30.3 Å². The molecule has 0 unspecified atom stereocenters. The first-order valence-electron chi connectivity index (χ1n) is 8.18. The summed E-state index contributed by atoms with van der Waals surface area (Å²) < 4.78 is 0. The molecule has 1 aliphatic carbocycles. The Morgan fingerprint density at radius 1 is 1.23 bits per heavy atom. The van der Waals surface area contributed by atoms with E-state index in [0.29, 0.717) is 12.5 Å². The van der Waals surface area contributed by atoms with Gasteiger partial charge < -0.3 is 10.6 Å². The van der Waals surface area contributed by atoms with Crippen LogP contribution in [0.4, 0.5) is 0 Å². The Morgan fingerprint density at radius 3 is 2.82 bits per heavy atom. The van der Waals surface area contributed by atoms with Crippen molar-refractivity contribution >= 4 is 16.8 Å². The number of benzene rings is 1. The molecule has 0 saturated heterocycles. The highest BCUT2D eigenvalue weighted by Gasteiger charge is 2.26. The Kier molecular flexibility index (Phi) is 4.68. The Bertz CT molecular complexity index is 664. The highest BCUT2D eigenvalue weighted by molar-refractivity contribution is 6.06. The lowest BCUT2D eigenvalue weighted by Gasteiger charge is -2.10. The van der Waals surface area contributed by atoms with Crippen molar-refractivity contribution in [2.45, 2.75) is 32.1 Å². The highest BCUT2D eigenvalue weighted by atomic mass is 16.1. The predicted octanol–water partition coefficient (Wildman–Crippen LogP) is 2.84. The monoisotopic (exact) mass is 297 g/mol. The number of rotatable bonds is 7. The molecule has 2 N–H and O–H groups in total. The fourth-order valence-corrected chi connectivity index (χ4v) is 2.63. The fourth-order valence-electron chi connectivity index (χ4n) is 2.63. The molecule has 0 aliphatic heterocycles. The second-order valence-electron chi connectivity index (χ2n) is 5.89. The molecule has 4 heteroatoms. The summed E-state index contributed by atoms with van der Waals surface area (Å²) in [6.45, 7) is 4.57. The van der Waals surface area contributed by atoms with Crippen molar-refractivity contribution in [2.75, 3.05) is 19.6 Å². The van der Waals surface area contributed by atoms with E-state index in [-0.39, 0.29) is 5.91 Å². The van der Waals surface area contributed by atoms with Crippen LogP contribution in [0.25, 0.3) is 10.9 Å². The van der Waals surface area contributed by atoms with Crippen LogP contribution in [-0.2, 0) is 0 Å². The summed E-state index contributed by atoms with van der Waals surface area (Å²) >= 11 is 0. The molecule has 1 heterocycles. The molecule has 0 atom stereocenters. The number of nitrogens with zero attached hydrogens (tertiary/aromatic N) is 1. The molecular formula is C18H23N3O. The van der Waals surface area contributed by atoms with Crippen LogP contribution < -0.4 is 10.6 Å². The Labute approximate surface area is 131 Å². The lowest BCUT2D eigenvalue weighted by atomic mass is 10.1. The fraction of sp³-hybridized carbons (Fsp3) is 0.444. The third kappa shape index (κ3) is 3.45. The molecule has 0 radical (unpaired) electrons. The first-order valence-corrected chi connectivity index (χ1v) is 8.18. The first kappa shape index (κ1) is 15.0. The lowest BCUT2D eigenvalue weighted by molar-refractivity contribution is 0.0955. The van der Waals surface area contributed by atoms with Crippen molar-refractivity contribution < 1.29 is 4.79 Å². The summed E-state index contributed by atoms with van der Waals surface area (Å²) in [5, 5.41) is 7.23. The van der Waals surface area contributed by atoms with Crippen molar-refractivity contribution in [1.29, 1.82) is 0 Å². The van der Waals surface area contributed by atoms with Gasteiger partial charge in [0.15, 0.2) is 0 Å². The predicted molar refractivity (Wildman–Crippen MR) is 89.2 cm³/mol. The third-order valence-corrected chi connectivity index (χ3v) is 3.99. The zero-order valence-corrected chi connectivity index (χ0v) is 13.1. The van der Waals surface area contributed by atoms with Gasteiger partial charge in [0.2, 0.25) is 0 Å². The van der Waals surface area contributed by atoms with E-state index in [1.54, 1.807) is 0 Å². The molecule has 0 bridgehead atoms. The number of carbonyl (C=O) groups is 1. The van der Waals surface area contributed by atoms with Gasteiger partial charge in [-0.15, -0.1) is 0 Å². The SMILES string of the molecule is CCCNCCNC(=O)c1cc(C2CC2)nc2ccccc12. The average molecular weight is 297 g/mol. The molecule has 3 rings (SSSR count). The van der Waals surface area contributed by atoms with Gasteiger partial charge in [-0.05, 0) is 37.9 Å². The van der Waals surface area contributed by atoms with Crippen LogP contribution in [0, 0.1) is 0 Å². The third-order valence-electron chi connectivity index (χ3n) is 3.99. The number of amides is 1. The maximum Gasteiger partial charge on any atom is 0.252 e. The first-order chi connectivity index (χ1) is 10.8. The number of carbonyl (C=O) groups excluding carboxylic acids is 1. The zero-order valence-electron chi connectivity index (χ0n) is 13.1. The topological polar surface area (TPSA) is 54.0 Å². The van der Waals surface area contributed by atoms with Crippen molar-refractivity contribution in [3.8, 4) is 0 Å². The van der Waals surface area contributed by atoms with Crippen LogP contribution in [0.1, 0.15) is 48.2 Å². The van der Waals surface area contributed by atoms with Gasteiger partial charge >= 0.3 is 0 Å². The second kappa shape index (κ2) is 6.88. The van der Waals surface area contributed by atoms with Gasteiger partial charge in [0.05, 0.1) is 11.1 Å². The molecule has 1 aliphatic rings. The van der Waals surface area contributed by atoms with E-state index >= 15 is 0 Å². The molecule has 1 saturated carbocycles. The number of pyridine rings is 1. The minimum Gasteiger partial charge on any atom is -0.351 e. The minimum absolute atomic E-state index is 0.00111. The van der Waals surface area contributed by atoms with Gasteiger partial charge in [0.1, 0.15) is 0 Å². The molecule has 1 amide bonds. The van der Waals surface area contributed by atoms with Crippen molar-refractivity contribution in [2.24, 2.45) is 0 Å². The van der Waals surface area contributed by atoms with Crippen LogP contribution in [0.3, 0.4) is 0 Å². The molecular weight excluding hydrogens is 274 g/mol. The second-order valence-corrected chi connectivity index (χ2v) is 5.89. The van der Waals surface area contributed by atoms with Gasteiger partial charge in [-0.1, -0.05) is 25.1 Å². The summed E-state index contributed by atoms with van der Waals surface area (Å²) in [5.41, 5.74) is 2.73. The van der Waals surface area contributed by atoms with Crippen molar-refractivity contribution in [1.82, 2.24) is 15.6 Å². The van der Waals surface area contributed by atoms with Gasteiger partial charge in [-0.3, -0.25) is 9.78 Å². The smallest absolute Gasteiger partial charge is 0.252 e. The van der Waals surface area contributed by atoms with Crippen LogP contribution in [0.2, 0.25) is 0 Å². The minimum atomic E-state index is -0.00111. The molecule has 1 aromatic carbocycles. The number of nitrogens with one attached hydrogen (secondary N) is 2. The molecule has 1 fully saturated rings. The summed E-state index contributed by atoms with van der Waals surface area (Å²) in [7, 11) is 0. The zero-order chi connectivity index (χ0) is 15.4. The number of aromatic nitrogens is 1. The normalized spacial score (nSPS) is 14.2. The molecule has 22 heavy (non-hydrogen) atoms. The van der Waals surface area contributed by atoms with E-state index in [1.807, 2.05) is 30.3 Å². The molecule has 116 valence electrons. The Morgan fingerprint density at radius 2 is 2.05 bits per heavy atom. The number of para-hydroxylation sites is 1. The van der Waals surface area contributed by atoms with E-state index < -0.39 is 0 Å².